The summed E-state index contributed by atoms with van der Waals surface area (Å²) >= 11 is 0.927. The molecular weight excluding hydrogens is 344 g/mol. The first-order valence-corrected chi connectivity index (χ1v) is 9.57. The van der Waals surface area contributed by atoms with Gasteiger partial charge in [-0.1, -0.05) is 51.3 Å². The predicted octanol–water partition coefficient (Wildman–Crippen LogP) is 2.08. The van der Waals surface area contributed by atoms with Gasteiger partial charge in [-0.25, -0.2) is 4.79 Å². The van der Waals surface area contributed by atoms with Crippen LogP contribution in [0.1, 0.15) is 65.7 Å². The quantitative estimate of drug-likeness (QED) is 0.453. The van der Waals surface area contributed by atoms with Crippen molar-refractivity contribution in [3.63, 3.8) is 0 Å². The SMILES string of the molecule is CCCCC(CC)C[C@H](SC(C)=O)C(=O)N[C@@H](CCC(N)=O)C(=O)O. The lowest BCUT2D eigenvalue weighted by atomic mass is 9.94. The van der Waals surface area contributed by atoms with Gasteiger partial charge in [0.2, 0.25) is 11.8 Å². The van der Waals surface area contributed by atoms with Gasteiger partial charge in [0.1, 0.15) is 6.04 Å². The molecule has 7 nitrogen and oxygen atoms in total. The number of hydrogen-bond acceptors (Lipinski definition) is 5. The first-order valence-electron chi connectivity index (χ1n) is 8.69. The minimum absolute atomic E-state index is 0.0685. The summed E-state index contributed by atoms with van der Waals surface area (Å²) in [6.45, 7) is 5.53. The van der Waals surface area contributed by atoms with E-state index in [4.69, 9.17) is 5.73 Å². The van der Waals surface area contributed by atoms with Gasteiger partial charge in [-0.05, 0) is 18.8 Å². The number of nitrogens with one attached hydrogen (secondary N) is 1. The number of nitrogens with two attached hydrogens (primary N) is 1. The van der Waals surface area contributed by atoms with Crippen molar-refractivity contribution < 1.29 is 24.3 Å². The molecule has 0 rings (SSSR count). The number of primary amides is 1. The third-order valence-electron chi connectivity index (χ3n) is 3.99. The minimum atomic E-state index is -1.22. The van der Waals surface area contributed by atoms with Crippen LogP contribution in [-0.2, 0) is 19.2 Å². The molecule has 0 aromatic carbocycles. The average Bonchev–Trinajstić information content (AvgIpc) is 2.53. The topological polar surface area (TPSA) is 127 Å². The number of hydrogen-bond donors (Lipinski definition) is 3. The van der Waals surface area contributed by atoms with Crippen molar-refractivity contribution in [3.8, 4) is 0 Å². The molecule has 0 spiro atoms. The summed E-state index contributed by atoms with van der Waals surface area (Å²) in [6, 6.07) is -1.19. The molecule has 0 heterocycles. The van der Waals surface area contributed by atoms with Gasteiger partial charge in [0.05, 0.1) is 5.25 Å². The van der Waals surface area contributed by atoms with E-state index in [0.717, 1.165) is 37.4 Å². The van der Waals surface area contributed by atoms with Crippen LogP contribution in [0.3, 0.4) is 0 Å². The average molecular weight is 375 g/mol. The summed E-state index contributed by atoms with van der Waals surface area (Å²) in [5, 5.41) is 10.8. The van der Waals surface area contributed by atoms with Crippen molar-refractivity contribution in [2.24, 2.45) is 11.7 Å². The monoisotopic (exact) mass is 374 g/mol. The number of carboxylic acid groups (broad SMARTS) is 1. The molecule has 144 valence electrons. The zero-order chi connectivity index (χ0) is 19.4. The van der Waals surface area contributed by atoms with Crippen molar-refractivity contribution in [2.75, 3.05) is 0 Å². The number of rotatable bonds is 13. The highest BCUT2D eigenvalue weighted by atomic mass is 32.2. The maximum atomic E-state index is 12.5. The van der Waals surface area contributed by atoms with Gasteiger partial charge in [-0.2, -0.15) is 0 Å². The van der Waals surface area contributed by atoms with E-state index in [2.05, 4.69) is 12.2 Å². The van der Waals surface area contributed by atoms with Crippen molar-refractivity contribution in [3.05, 3.63) is 0 Å². The zero-order valence-electron chi connectivity index (χ0n) is 15.2. The van der Waals surface area contributed by atoms with Gasteiger partial charge >= 0.3 is 5.97 Å². The van der Waals surface area contributed by atoms with Crippen LogP contribution in [0.2, 0.25) is 0 Å². The number of unbranched alkanes of at least 4 members (excludes halogenated alkanes) is 1. The first kappa shape index (κ1) is 23.4. The number of carboxylic acids is 1. The number of aliphatic carboxylic acids is 1. The Balaban J connectivity index is 4.97. The Bertz CT molecular complexity index is 470. The normalized spacial score (nSPS) is 14.4. The van der Waals surface area contributed by atoms with E-state index >= 15 is 0 Å². The maximum absolute atomic E-state index is 12.5. The fourth-order valence-electron chi connectivity index (χ4n) is 2.50. The van der Waals surface area contributed by atoms with Crippen LogP contribution in [0.25, 0.3) is 0 Å². The van der Waals surface area contributed by atoms with Crippen molar-refractivity contribution in [2.45, 2.75) is 77.0 Å². The van der Waals surface area contributed by atoms with Gasteiger partial charge in [0.25, 0.3) is 0 Å². The molecule has 25 heavy (non-hydrogen) atoms. The molecule has 0 fully saturated rings. The summed E-state index contributed by atoms with van der Waals surface area (Å²) < 4.78 is 0. The van der Waals surface area contributed by atoms with Gasteiger partial charge < -0.3 is 16.2 Å². The van der Waals surface area contributed by atoms with E-state index < -0.39 is 29.1 Å². The molecule has 8 heteroatoms. The second-order valence-corrected chi connectivity index (χ2v) is 7.53. The Morgan fingerprint density at radius 2 is 1.80 bits per heavy atom. The Kier molecular flexibility index (Phi) is 11.9. The van der Waals surface area contributed by atoms with Crippen molar-refractivity contribution >= 4 is 34.7 Å². The molecule has 3 atom stereocenters. The van der Waals surface area contributed by atoms with E-state index in [9.17, 15) is 24.3 Å². The molecule has 0 saturated heterocycles. The molecule has 0 aromatic heterocycles. The van der Waals surface area contributed by atoms with E-state index in [1.165, 1.54) is 6.92 Å². The Morgan fingerprint density at radius 3 is 2.24 bits per heavy atom. The fraction of sp³-hybridized carbons (Fsp3) is 0.765. The lowest BCUT2D eigenvalue weighted by Crippen LogP contribution is -2.45. The molecule has 0 bridgehead atoms. The van der Waals surface area contributed by atoms with Crippen LogP contribution in [0.4, 0.5) is 0 Å². The molecule has 0 saturated carbocycles. The molecule has 0 aliphatic heterocycles. The zero-order valence-corrected chi connectivity index (χ0v) is 16.1. The van der Waals surface area contributed by atoms with Crippen LogP contribution in [0, 0.1) is 5.92 Å². The highest BCUT2D eigenvalue weighted by molar-refractivity contribution is 8.14. The minimum Gasteiger partial charge on any atom is -0.480 e. The van der Waals surface area contributed by atoms with Gasteiger partial charge in [0, 0.05) is 13.3 Å². The highest BCUT2D eigenvalue weighted by Gasteiger charge is 2.28. The molecule has 2 amide bonds. The van der Waals surface area contributed by atoms with Crippen LogP contribution in [-0.4, -0.2) is 39.3 Å². The summed E-state index contributed by atoms with van der Waals surface area (Å²) in [5.41, 5.74) is 5.03. The molecule has 0 radical (unpaired) electrons. The van der Waals surface area contributed by atoms with Crippen LogP contribution < -0.4 is 11.1 Å². The summed E-state index contributed by atoms with van der Waals surface area (Å²) in [5.74, 6) is -2.02. The Labute approximate surface area is 153 Å². The van der Waals surface area contributed by atoms with Crippen LogP contribution in [0.5, 0.6) is 0 Å². The molecule has 1 unspecified atom stereocenters. The van der Waals surface area contributed by atoms with E-state index in [0.29, 0.717) is 12.3 Å². The van der Waals surface area contributed by atoms with Crippen molar-refractivity contribution in [1.29, 1.82) is 0 Å². The fourth-order valence-corrected chi connectivity index (χ4v) is 3.45. The standard InChI is InChI=1S/C17H30N2O5S/c1-4-6-7-12(5-2)10-14(25-11(3)20)16(22)19-13(17(23)24)8-9-15(18)21/h12-14H,4-10H2,1-3H3,(H2,18,21)(H,19,22)(H,23,24)/t12?,13-,14-/m0/s1. The third-order valence-corrected chi connectivity index (χ3v) is 5.01. The number of thioether (sulfide) groups is 1. The van der Waals surface area contributed by atoms with Crippen molar-refractivity contribution in [1.82, 2.24) is 5.32 Å². The molecule has 0 aliphatic rings. The van der Waals surface area contributed by atoms with E-state index in [1.807, 2.05) is 6.92 Å². The lowest BCUT2D eigenvalue weighted by Gasteiger charge is -2.23. The van der Waals surface area contributed by atoms with Crippen LogP contribution >= 0.6 is 11.8 Å². The van der Waals surface area contributed by atoms with Crippen LogP contribution in [0.15, 0.2) is 0 Å². The number of carbonyl (C=O) groups is 4. The Morgan fingerprint density at radius 1 is 1.16 bits per heavy atom. The molecule has 4 N–H and O–H groups in total. The molecular formula is C17H30N2O5S. The van der Waals surface area contributed by atoms with Gasteiger partial charge in [-0.15, -0.1) is 0 Å². The Hall–Kier alpha value is -1.57. The van der Waals surface area contributed by atoms with Gasteiger partial charge in [-0.3, -0.25) is 14.4 Å². The molecule has 0 aromatic rings. The lowest BCUT2D eigenvalue weighted by molar-refractivity contribution is -0.142. The summed E-state index contributed by atoms with van der Waals surface area (Å²) in [6.07, 6.45) is 4.30. The largest absolute Gasteiger partial charge is 0.480 e. The second kappa shape index (κ2) is 12.7. The first-order chi connectivity index (χ1) is 11.7. The third kappa shape index (κ3) is 10.8. The summed E-state index contributed by atoms with van der Waals surface area (Å²) in [4.78, 5) is 46.1. The highest BCUT2D eigenvalue weighted by Crippen LogP contribution is 2.26. The predicted molar refractivity (Wildman–Crippen MR) is 98.0 cm³/mol. The second-order valence-electron chi connectivity index (χ2n) is 6.15. The number of amides is 2. The summed E-state index contributed by atoms with van der Waals surface area (Å²) in [7, 11) is 0. The number of carbonyl (C=O) groups excluding carboxylic acids is 3. The molecule has 0 aliphatic carbocycles. The van der Waals surface area contributed by atoms with E-state index in [1.54, 1.807) is 0 Å². The van der Waals surface area contributed by atoms with E-state index in [-0.39, 0.29) is 18.0 Å². The smallest absolute Gasteiger partial charge is 0.326 e. The maximum Gasteiger partial charge on any atom is 0.326 e. The van der Waals surface area contributed by atoms with Gasteiger partial charge in [0.15, 0.2) is 5.12 Å².